The zero-order chi connectivity index (χ0) is 15.5. The molecule has 1 aliphatic heterocycles. The molecule has 1 saturated heterocycles. The average Bonchev–Trinajstić information content (AvgIpc) is 2.70. The summed E-state index contributed by atoms with van der Waals surface area (Å²) in [5.74, 6) is -0.0220. The van der Waals surface area contributed by atoms with Gasteiger partial charge >= 0.3 is 10.2 Å². The highest BCUT2D eigenvalue weighted by molar-refractivity contribution is 7.90. The van der Waals surface area contributed by atoms with Gasteiger partial charge in [0, 0.05) is 20.1 Å². The van der Waals surface area contributed by atoms with Crippen molar-refractivity contribution in [3.8, 4) is 0 Å². The molecule has 0 unspecified atom stereocenters. The summed E-state index contributed by atoms with van der Waals surface area (Å²) in [5.41, 5.74) is 5.76. The molecule has 2 heterocycles. The van der Waals surface area contributed by atoms with Crippen molar-refractivity contribution in [2.75, 3.05) is 17.8 Å². The van der Waals surface area contributed by atoms with Gasteiger partial charge in [-0.25, -0.2) is 0 Å². The van der Waals surface area contributed by atoms with Gasteiger partial charge in [-0.3, -0.25) is 9.40 Å². The third kappa shape index (κ3) is 3.45. The maximum absolute atomic E-state index is 12.5. The number of nitrogens with one attached hydrogen (secondary N) is 1. The van der Waals surface area contributed by atoms with Crippen LogP contribution < -0.4 is 10.5 Å². The number of oxime groups is 1. The first-order valence-corrected chi connectivity index (χ1v) is 8.17. The quantitative estimate of drug-likeness (QED) is 0.313. The number of rotatable bonds is 4. The van der Waals surface area contributed by atoms with Crippen LogP contribution in [0.1, 0.15) is 31.2 Å². The van der Waals surface area contributed by atoms with E-state index in [2.05, 4.69) is 15.0 Å². The highest BCUT2D eigenvalue weighted by atomic mass is 32.2. The second-order valence-corrected chi connectivity index (χ2v) is 6.61. The van der Waals surface area contributed by atoms with Gasteiger partial charge in [-0.15, -0.1) is 0 Å². The number of amidine groups is 1. The van der Waals surface area contributed by atoms with Gasteiger partial charge in [-0.1, -0.05) is 18.0 Å². The van der Waals surface area contributed by atoms with E-state index in [0.29, 0.717) is 13.1 Å². The van der Waals surface area contributed by atoms with E-state index < -0.39 is 10.2 Å². The smallest absolute Gasteiger partial charge is 0.302 e. The molecule has 118 valence electrons. The maximum Gasteiger partial charge on any atom is 0.302 e. The molecule has 0 saturated carbocycles. The normalized spacial score (nSPS) is 18.4. The van der Waals surface area contributed by atoms with Crippen molar-refractivity contribution in [3.05, 3.63) is 11.8 Å². The molecule has 0 bridgehead atoms. The molecule has 0 radical (unpaired) electrons. The van der Waals surface area contributed by atoms with Gasteiger partial charge in [-0.2, -0.15) is 17.8 Å². The summed E-state index contributed by atoms with van der Waals surface area (Å²) < 4.78 is 30.1. The SMILES string of the molecule is Cn1ncc(C(N)=NO)c1NS(=O)(=O)N1CCCCCC1. The Morgan fingerprint density at radius 1 is 1.38 bits per heavy atom. The van der Waals surface area contributed by atoms with Crippen LogP contribution in [0, 0.1) is 0 Å². The minimum Gasteiger partial charge on any atom is -0.409 e. The summed E-state index contributed by atoms with van der Waals surface area (Å²) in [6.45, 7) is 0.984. The lowest BCUT2D eigenvalue weighted by Crippen LogP contribution is -2.37. The third-order valence-electron chi connectivity index (χ3n) is 3.45. The molecular formula is C11H20N6O3S. The van der Waals surface area contributed by atoms with Gasteiger partial charge in [0.15, 0.2) is 5.84 Å². The van der Waals surface area contributed by atoms with Gasteiger partial charge in [0.05, 0.1) is 11.8 Å². The Morgan fingerprint density at radius 3 is 2.57 bits per heavy atom. The van der Waals surface area contributed by atoms with Crippen molar-refractivity contribution in [1.82, 2.24) is 14.1 Å². The Kier molecular flexibility index (Phi) is 4.68. The molecule has 10 heteroatoms. The predicted molar refractivity (Wildman–Crippen MR) is 78.3 cm³/mol. The van der Waals surface area contributed by atoms with Crippen molar-refractivity contribution in [2.24, 2.45) is 17.9 Å². The molecular weight excluding hydrogens is 296 g/mol. The Bertz CT molecular complexity index is 616. The van der Waals surface area contributed by atoms with Crippen LogP contribution >= 0.6 is 0 Å². The molecule has 1 aromatic rings. The largest absolute Gasteiger partial charge is 0.409 e. The first-order valence-electron chi connectivity index (χ1n) is 6.73. The zero-order valence-corrected chi connectivity index (χ0v) is 12.7. The lowest BCUT2D eigenvalue weighted by Gasteiger charge is -2.21. The molecule has 0 atom stereocenters. The summed E-state index contributed by atoms with van der Waals surface area (Å²) in [7, 11) is -2.11. The Morgan fingerprint density at radius 2 is 2.00 bits per heavy atom. The van der Waals surface area contributed by atoms with E-state index in [1.165, 1.54) is 15.2 Å². The third-order valence-corrected chi connectivity index (χ3v) is 4.95. The van der Waals surface area contributed by atoms with E-state index in [4.69, 9.17) is 10.9 Å². The molecule has 0 aliphatic carbocycles. The Labute approximate surface area is 123 Å². The highest BCUT2D eigenvalue weighted by Crippen LogP contribution is 2.19. The van der Waals surface area contributed by atoms with E-state index in [1.54, 1.807) is 7.05 Å². The zero-order valence-electron chi connectivity index (χ0n) is 11.9. The highest BCUT2D eigenvalue weighted by Gasteiger charge is 2.26. The lowest BCUT2D eigenvalue weighted by atomic mass is 10.2. The molecule has 1 fully saturated rings. The summed E-state index contributed by atoms with van der Waals surface area (Å²) in [6, 6.07) is 0. The summed E-state index contributed by atoms with van der Waals surface area (Å²) in [6.07, 6.45) is 5.11. The molecule has 0 amide bonds. The van der Waals surface area contributed by atoms with E-state index in [-0.39, 0.29) is 17.2 Å². The van der Waals surface area contributed by atoms with Crippen LogP contribution in [0.15, 0.2) is 11.4 Å². The van der Waals surface area contributed by atoms with Crippen molar-refractivity contribution in [3.63, 3.8) is 0 Å². The molecule has 1 aliphatic rings. The second-order valence-electron chi connectivity index (χ2n) is 4.94. The van der Waals surface area contributed by atoms with Crippen LogP contribution in [0.3, 0.4) is 0 Å². The first kappa shape index (κ1) is 15.6. The van der Waals surface area contributed by atoms with Crippen LogP contribution in [0.4, 0.5) is 5.82 Å². The van der Waals surface area contributed by atoms with Crippen LogP contribution in [0.5, 0.6) is 0 Å². The fraction of sp³-hybridized carbons (Fsp3) is 0.636. The first-order chi connectivity index (χ1) is 9.95. The average molecular weight is 316 g/mol. The molecule has 4 N–H and O–H groups in total. The van der Waals surface area contributed by atoms with Gasteiger partial charge in [0.25, 0.3) is 0 Å². The fourth-order valence-electron chi connectivity index (χ4n) is 2.27. The summed E-state index contributed by atoms with van der Waals surface area (Å²) in [4.78, 5) is 0. The molecule has 21 heavy (non-hydrogen) atoms. The van der Waals surface area contributed by atoms with E-state index in [9.17, 15) is 8.42 Å². The number of nitrogens with two attached hydrogens (primary N) is 1. The number of nitrogens with zero attached hydrogens (tertiary/aromatic N) is 4. The Balaban J connectivity index is 2.26. The predicted octanol–water partition coefficient (Wildman–Crippen LogP) is 0.0473. The van der Waals surface area contributed by atoms with Crippen molar-refractivity contribution in [1.29, 1.82) is 0 Å². The van der Waals surface area contributed by atoms with E-state index in [1.807, 2.05) is 0 Å². The molecule has 0 spiro atoms. The van der Waals surface area contributed by atoms with Crippen molar-refractivity contribution < 1.29 is 13.6 Å². The maximum atomic E-state index is 12.5. The Hall–Kier alpha value is -1.81. The van der Waals surface area contributed by atoms with Gasteiger partial charge in [-0.05, 0) is 12.8 Å². The molecule has 9 nitrogen and oxygen atoms in total. The monoisotopic (exact) mass is 316 g/mol. The van der Waals surface area contributed by atoms with Crippen LogP contribution in [-0.4, -0.2) is 46.6 Å². The van der Waals surface area contributed by atoms with E-state index >= 15 is 0 Å². The van der Waals surface area contributed by atoms with E-state index in [0.717, 1.165) is 25.7 Å². The van der Waals surface area contributed by atoms with Gasteiger partial charge in [0.1, 0.15) is 5.82 Å². The van der Waals surface area contributed by atoms with Gasteiger partial charge < -0.3 is 10.9 Å². The van der Waals surface area contributed by atoms with Crippen molar-refractivity contribution >= 4 is 21.9 Å². The van der Waals surface area contributed by atoms with Crippen LogP contribution in [0.25, 0.3) is 0 Å². The van der Waals surface area contributed by atoms with Crippen molar-refractivity contribution in [2.45, 2.75) is 25.7 Å². The summed E-state index contributed by atoms with van der Waals surface area (Å²) in [5, 5.41) is 15.6. The minimum absolute atomic E-state index is 0.176. The van der Waals surface area contributed by atoms with Crippen LogP contribution in [0.2, 0.25) is 0 Å². The standard InChI is InChI=1S/C11H20N6O3S/c1-16-11(9(8-13-16)10(12)14-18)15-21(19,20)17-6-4-2-3-5-7-17/h8,15,18H,2-7H2,1H3,(H2,12,14). The molecule has 0 aromatic carbocycles. The topological polar surface area (TPSA) is 126 Å². The number of aromatic nitrogens is 2. The van der Waals surface area contributed by atoms with Gasteiger partial charge in [0.2, 0.25) is 0 Å². The minimum atomic E-state index is -3.69. The molecule has 1 aromatic heterocycles. The summed E-state index contributed by atoms with van der Waals surface area (Å²) >= 11 is 0. The molecule has 2 rings (SSSR count). The second kappa shape index (κ2) is 6.31. The number of anilines is 1. The number of aryl methyl sites for hydroxylation is 1. The van der Waals surface area contributed by atoms with Crippen LogP contribution in [-0.2, 0) is 17.3 Å². The fourth-order valence-corrected chi connectivity index (χ4v) is 3.62. The number of hydrogen-bond acceptors (Lipinski definition) is 5. The number of hydrogen-bond donors (Lipinski definition) is 3. The lowest BCUT2D eigenvalue weighted by molar-refractivity contribution is 0.318.